The van der Waals surface area contributed by atoms with Crippen LogP contribution in [-0.4, -0.2) is 25.7 Å². The van der Waals surface area contributed by atoms with Crippen molar-refractivity contribution in [1.29, 1.82) is 0 Å². The molecule has 100 valence electrons. The van der Waals surface area contributed by atoms with Crippen molar-refractivity contribution < 1.29 is 0 Å². The normalized spacial score (nSPS) is 24.3. The van der Waals surface area contributed by atoms with Gasteiger partial charge in [0.2, 0.25) is 0 Å². The maximum atomic E-state index is 3.60. The van der Waals surface area contributed by atoms with Gasteiger partial charge in [0, 0.05) is 24.8 Å². The highest BCUT2D eigenvalue weighted by atomic mass is 15.2. The first-order valence-corrected chi connectivity index (χ1v) is 7.17. The Labute approximate surface area is 111 Å². The van der Waals surface area contributed by atoms with Crippen molar-refractivity contribution in [3.8, 4) is 0 Å². The average Bonchev–Trinajstić information content (AvgIpc) is 2.35. The van der Waals surface area contributed by atoms with Gasteiger partial charge in [-0.15, -0.1) is 0 Å². The summed E-state index contributed by atoms with van der Waals surface area (Å²) in [7, 11) is 0. The number of benzene rings is 1. The van der Waals surface area contributed by atoms with Crippen LogP contribution < -0.4 is 10.2 Å². The first-order chi connectivity index (χ1) is 8.61. The molecular formula is C16H26N2. The van der Waals surface area contributed by atoms with E-state index in [0.29, 0.717) is 6.04 Å². The van der Waals surface area contributed by atoms with Crippen molar-refractivity contribution in [2.75, 3.05) is 24.5 Å². The fourth-order valence-corrected chi connectivity index (χ4v) is 2.87. The molecule has 1 aliphatic rings. The Hall–Kier alpha value is -1.02. The standard InChI is InChI=1S/C16H26N2/c1-5-17-16-8-9-18(11-14(16)4)15-7-6-12(2)13(3)10-15/h6-7,10,14,16-17H,5,8-9,11H2,1-4H3. The third kappa shape index (κ3) is 2.86. The third-order valence-electron chi connectivity index (χ3n) is 4.23. The molecule has 18 heavy (non-hydrogen) atoms. The van der Waals surface area contributed by atoms with E-state index in [2.05, 4.69) is 56.1 Å². The number of hydrogen-bond acceptors (Lipinski definition) is 2. The lowest BCUT2D eigenvalue weighted by Crippen LogP contribution is -2.48. The molecule has 1 fully saturated rings. The maximum absolute atomic E-state index is 3.60. The summed E-state index contributed by atoms with van der Waals surface area (Å²) in [6.45, 7) is 12.4. The van der Waals surface area contributed by atoms with Gasteiger partial charge < -0.3 is 10.2 Å². The van der Waals surface area contributed by atoms with Crippen LogP contribution in [0.3, 0.4) is 0 Å². The van der Waals surface area contributed by atoms with Crippen molar-refractivity contribution >= 4 is 5.69 Å². The van der Waals surface area contributed by atoms with Gasteiger partial charge in [-0.05, 0) is 56.0 Å². The summed E-state index contributed by atoms with van der Waals surface area (Å²) in [6, 6.07) is 7.53. The molecule has 1 aromatic carbocycles. The predicted octanol–water partition coefficient (Wildman–Crippen LogP) is 3.13. The van der Waals surface area contributed by atoms with E-state index in [-0.39, 0.29) is 0 Å². The second-order valence-electron chi connectivity index (χ2n) is 5.64. The van der Waals surface area contributed by atoms with Crippen LogP contribution in [0, 0.1) is 19.8 Å². The van der Waals surface area contributed by atoms with Crippen LogP contribution in [-0.2, 0) is 0 Å². The fourth-order valence-electron chi connectivity index (χ4n) is 2.87. The van der Waals surface area contributed by atoms with Gasteiger partial charge in [0.1, 0.15) is 0 Å². The summed E-state index contributed by atoms with van der Waals surface area (Å²) in [5.74, 6) is 0.723. The van der Waals surface area contributed by atoms with E-state index >= 15 is 0 Å². The maximum Gasteiger partial charge on any atom is 0.0369 e. The zero-order valence-corrected chi connectivity index (χ0v) is 12.2. The van der Waals surface area contributed by atoms with Gasteiger partial charge in [-0.25, -0.2) is 0 Å². The molecule has 2 nitrogen and oxygen atoms in total. The third-order valence-corrected chi connectivity index (χ3v) is 4.23. The number of rotatable bonds is 3. The van der Waals surface area contributed by atoms with E-state index in [1.165, 1.54) is 36.3 Å². The van der Waals surface area contributed by atoms with E-state index < -0.39 is 0 Å². The van der Waals surface area contributed by atoms with Crippen LogP contribution in [0.4, 0.5) is 5.69 Å². The number of nitrogens with zero attached hydrogens (tertiary/aromatic N) is 1. The monoisotopic (exact) mass is 246 g/mol. The Morgan fingerprint density at radius 2 is 2.06 bits per heavy atom. The molecule has 2 heteroatoms. The van der Waals surface area contributed by atoms with Crippen LogP contribution >= 0.6 is 0 Å². The minimum atomic E-state index is 0.692. The predicted molar refractivity (Wildman–Crippen MR) is 79.4 cm³/mol. The second kappa shape index (κ2) is 5.75. The molecule has 0 radical (unpaired) electrons. The Morgan fingerprint density at radius 3 is 2.67 bits per heavy atom. The van der Waals surface area contributed by atoms with E-state index in [1.54, 1.807) is 0 Å². The quantitative estimate of drug-likeness (QED) is 0.881. The molecule has 0 saturated carbocycles. The number of aryl methyl sites for hydroxylation is 2. The van der Waals surface area contributed by atoms with Gasteiger partial charge >= 0.3 is 0 Å². The molecule has 0 amide bonds. The van der Waals surface area contributed by atoms with E-state index in [9.17, 15) is 0 Å². The molecule has 0 spiro atoms. The molecule has 1 saturated heterocycles. The van der Waals surface area contributed by atoms with Crippen LogP contribution in [0.25, 0.3) is 0 Å². The molecule has 1 aromatic rings. The van der Waals surface area contributed by atoms with Gasteiger partial charge in [-0.1, -0.05) is 19.9 Å². The van der Waals surface area contributed by atoms with Crippen LogP contribution in [0.5, 0.6) is 0 Å². The molecular weight excluding hydrogens is 220 g/mol. The Kier molecular flexibility index (Phi) is 4.28. The SMILES string of the molecule is CCNC1CCN(c2ccc(C)c(C)c2)CC1C. The summed E-state index contributed by atoms with van der Waals surface area (Å²) in [6.07, 6.45) is 1.25. The molecule has 1 aliphatic heterocycles. The molecule has 1 heterocycles. The van der Waals surface area contributed by atoms with Gasteiger partial charge in [-0.2, -0.15) is 0 Å². The summed E-state index contributed by atoms with van der Waals surface area (Å²) in [4.78, 5) is 2.53. The van der Waals surface area contributed by atoms with Crippen LogP contribution in [0.1, 0.15) is 31.4 Å². The van der Waals surface area contributed by atoms with E-state index in [4.69, 9.17) is 0 Å². The first-order valence-electron chi connectivity index (χ1n) is 7.17. The van der Waals surface area contributed by atoms with Crippen molar-refractivity contribution in [3.05, 3.63) is 29.3 Å². The first kappa shape index (κ1) is 13.4. The lowest BCUT2D eigenvalue weighted by Gasteiger charge is -2.38. The molecule has 2 atom stereocenters. The average molecular weight is 246 g/mol. The highest BCUT2D eigenvalue weighted by molar-refractivity contribution is 5.51. The largest absolute Gasteiger partial charge is 0.371 e. The second-order valence-corrected chi connectivity index (χ2v) is 5.64. The van der Waals surface area contributed by atoms with E-state index in [1.807, 2.05) is 0 Å². The van der Waals surface area contributed by atoms with Crippen molar-refractivity contribution in [2.24, 2.45) is 5.92 Å². The lowest BCUT2D eigenvalue weighted by atomic mass is 9.93. The topological polar surface area (TPSA) is 15.3 Å². The number of hydrogen-bond donors (Lipinski definition) is 1. The van der Waals surface area contributed by atoms with Gasteiger partial charge in [0.25, 0.3) is 0 Å². The summed E-state index contributed by atoms with van der Waals surface area (Å²) in [5, 5.41) is 3.60. The van der Waals surface area contributed by atoms with Gasteiger partial charge in [0.15, 0.2) is 0 Å². The van der Waals surface area contributed by atoms with E-state index in [0.717, 1.165) is 12.5 Å². The summed E-state index contributed by atoms with van der Waals surface area (Å²) < 4.78 is 0. The highest BCUT2D eigenvalue weighted by Crippen LogP contribution is 2.25. The summed E-state index contributed by atoms with van der Waals surface area (Å²) in [5.41, 5.74) is 4.17. The molecule has 2 unspecified atom stereocenters. The molecule has 0 aliphatic carbocycles. The molecule has 2 rings (SSSR count). The Morgan fingerprint density at radius 1 is 1.28 bits per heavy atom. The lowest BCUT2D eigenvalue weighted by molar-refractivity contribution is 0.327. The molecule has 0 bridgehead atoms. The van der Waals surface area contributed by atoms with Gasteiger partial charge in [-0.3, -0.25) is 0 Å². The zero-order chi connectivity index (χ0) is 13.1. The minimum Gasteiger partial charge on any atom is -0.371 e. The highest BCUT2D eigenvalue weighted by Gasteiger charge is 2.25. The zero-order valence-electron chi connectivity index (χ0n) is 12.2. The van der Waals surface area contributed by atoms with Crippen LogP contribution in [0.15, 0.2) is 18.2 Å². The smallest absolute Gasteiger partial charge is 0.0369 e. The molecule has 1 N–H and O–H groups in total. The van der Waals surface area contributed by atoms with Crippen molar-refractivity contribution in [2.45, 2.75) is 40.2 Å². The number of nitrogens with one attached hydrogen (secondary N) is 1. The van der Waals surface area contributed by atoms with Crippen molar-refractivity contribution in [1.82, 2.24) is 5.32 Å². The van der Waals surface area contributed by atoms with Crippen LogP contribution in [0.2, 0.25) is 0 Å². The summed E-state index contributed by atoms with van der Waals surface area (Å²) >= 11 is 0. The Balaban J connectivity index is 2.05. The minimum absolute atomic E-state index is 0.692. The fraction of sp³-hybridized carbons (Fsp3) is 0.625. The number of piperidine rings is 1. The van der Waals surface area contributed by atoms with Crippen molar-refractivity contribution in [3.63, 3.8) is 0 Å². The molecule has 0 aromatic heterocycles. The van der Waals surface area contributed by atoms with Gasteiger partial charge in [0.05, 0.1) is 0 Å². The Bertz CT molecular complexity index is 400. The number of anilines is 1.